The Morgan fingerprint density at radius 3 is 2.85 bits per heavy atom. The number of aliphatic hydroxyl groups excluding tert-OH is 1. The van der Waals surface area contributed by atoms with Crippen molar-refractivity contribution in [2.75, 3.05) is 13.2 Å². The lowest BCUT2D eigenvalue weighted by molar-refractivity contribution is -0.135. The SMILES string of the molecule is CCCc1noc(CCC(=O)N(CCO)C2CCC2)n1. The predicted molar refractivity (Wildman–Crippen MR) is 73.1 cm³/mol. The zero-order valence-corrected chi connectivity index (χ0v) is 12.0. The Morgan fingerprint density at radius 1 is 1.45 bits per heavy atom. The maximum absolute atomic E-state index is 12.2. The van der Waals surface area contributed by atoms with Crippen molar-refractivity contribution < 1.29 is 14.4 Å². The van der Waals surface area contributed by atoms with Gasteiger partial charge in [-0.3, -0.25) is 4.79 Å². The number of carbonyl (C=O) groups excluding carboxylic acids is 1. The van der Waals surface area contributed by atoms with Gasteiger partial charge in [0.05, 0.1) is 6.61 Å². The molecule has 0 atom stereocenters. The second kappa shape index (κ2) is 7.38. The second-order valence-corrected chi connectivity index (χ2v) is 5.25. The first-order valence-corrected chi connectivity index (χ1v) is 7.46. The van der Waals surface area contributed by atoms with Gasteiger partial charge in [-0.05, 0) is 25.7 Å². The van der Waals surface area contributed by atoms with Crippen LogP contribution in [0.25, 0.3) is 0 Å². The van der Waals surface area contributed by atoms with Crippen molar-refractivity contribution in [2.24, 2.45) is 0 Å². The summed E-state index contributed by atoms with van der Waals surface area (Å²) in [5, 5.41) is 12.9. The molecule has 1 aromatic rings. The molecule has 1 aromatic heterocycles. The van der Waals surface area contributed by atoms with Crippen LogP contribution in [0.15, 0.2) is 4.52 Å². The third-order valence-electron chi connectivity index (χ3n) is 3.71. The van der Waals surface area contributed by atoms with E-state index in [2.05, 4.69) is 17.1 Å². The Morgan fingerprint density at radius 2 is 2.25 bits per heavy atom. The standard InChI is InChI=1S/C14H23N3O3/c1-2-4-12-15-13(20-16-12)7-8-14(19)17(9-10-18)11-5-3-6-11/h11,18H,2-10H2,1H3. The highest BCUT2D eigenvalue weighted by Crippen LogP contribution is 2.25. The van der Waals surface area contributed by atoms with Crippen molar-refractivity contribution in [2.45, 2.75) is 57.9 Å². The van der Waals surface area contributed by atoms with Crippen molar-refractivity contribution in [3.63, 3.8) is 0 Å². The first-order chi connectivity index (χ1) is 9.74. The number of hydrogen-bond donors (Lipinski definition) is 1. The Bertz CT molecular complexity index is 429. The van der Waals surface area contributed by atoms with Crippen molar-refractivity contribution in [1.29, 1.82) is 0 Å². The van der Waals surface area contributed by atoms with E-state index in [0.29, 0.717) is 37.1 Å². The summed E-state index contributed by atoms with van der Waals surface area (Å²) >= 11 is 0. The molecule has 2 rings (SSSR count). The third kappa shape index (κ3) is 3.79. The Hall–Kier alpha value is -1.43. The van der Waals surface area contributed by atoms with Crippen LogP contribution >= 0.6 is 0 Å². The summed E-state index contributed by atoms with van der Waals surface area (Å²) in [4.78, 5) is 18.3. The van der Waals surface area contributed by atoms with E-state index in [1.165, 1.54) is 6.42 Å². The molecule has 1 aliphatic carbocycles. The van der Waals surface area contributed by atoms with E-state index in [9.17, 15) is 4.79 Å². The molecular formula is C14H23N3O3. The molecule has 1 aliphatic rings. The fourth-order valence-corrected chi connectivity index (χ4v) is 2.39. The summed E-state index contributed by atoms with van der Waals surface area (Å²) < 4.78 is 5.13. The smallest absolute Gasteiger partial charge is 0.227 e. The maximum atomic E-state index is 12.2. The van der Waals surface area contributed by atoms with Crippen LogP contribution in [-0.4, -0.2) is 45.2 Å². The molecular weight excluding hydrogens is 258 g/mol. The molecule has 6 heteroatoms. The van der Waals surface area contributed by atoms with Gasteiger partial charge in [0.25, 0.3) is 0 Å². The molecule has 0 unspecified atom stereocenters. The number of nitrogens with zero attached hydrogens (tertiary/aromatic N) is 3. The van der Waals surface area contributed by atoms with Gasteiger partial charge < -0.3 is 14.5 Å². The minimum atomic E-state index is 0.0173. The van der Waals surface area contributed by atoms with Crippen LogP contribution in [-0.2, 0) is 17.6 Å². The maximum Gasteiger partial charge on any atom is 0.227 e. The minimum absolute atomic E-state index is 0.0173. The molecule has 1 saturated carbocycles. The number of carbonyl (C=O) groups is 1. The van der Waals surface area contributed by atoms with E-state index in [1.54, 1.807) is 4.90 Å². The first-order valence-electron chi connectivity index (χ1n) is 7.46. The van der Waals surface area contributed by atoms with Gasteiger partial charge in [0, 0.05) is 31.8 Å². The molecule has 112 valence electrons. The highest BCUT2D eigenvalue weighted by Gasteiger charge is 2.28. The quantitative estimate of drug-likeness (QED) is 0.777. The van der Waals surface area contributed by atoms with E-state index in [0.717, 1.165) is 25.7 Å². The molecule has 1 amide bonds. The van der Waals surface area contributed by atoms with Gasteiger partial charge in [0.15, 0.2) is 5.82 Å². The molecule has 0 spiro atoms. The summed E-state index contributed by atoms with van der Waals surface area (Å²) in [6.45, 7) is 2.50. The van der Waals surface area contributed by atoms with Crippen molar-refractivity contribution in [1.82, 2.24) is 15.0 Å². The van der Waals surface area contributed by atoms with Crippen molar-refractivity contribution >= 4 is 5.91 Å². The van der Waals surface area contributed by atoms with Crippen molar-refractivity contribution in [3.8, 4) is 0 Å². The van der Waals surface area contributed by atoms with E-state index >= 15 is 0 Å². The molecule has 0 bridgehead atoms. The van der Waals surface area contributed by atoms with Crippen LogP contribution < -0.4 is 0 Å². The molecule has 1 heterocycles. The summed E-state index contributed by atoms with van der Waals surface area (Å²) in [6, 6.07) is 0.313. The predicted octanol–water partition coefficient (Wildman–Crippen LogP) is 1.33. The number of amides is 1. The lowest BCUT2D eigenvalue weighted by Crippen LogP contribution is -2.45. The highest BCUT2D eigenvalue weighted by molar-refractivity contribution is 5.76. The molecule has 6 nitrogen and oxygen atoms in total. The number of aryl methyl sites for hydroxylation is 2. The second-order valence-electron chi connectivity index (χ2n) is 5.25. The van der Waals surface area contributed by atoms with Crippen molar-refractivity contribution in [3.05, 3.63) is 11.7 Å². The number of aromatic nitrogens is 2. The molecule has 0 saturated heterocycles. The van der Waals surface area contributed by atoms with Gasteiger partial charge in [-0.15, -0.1) is 0 Å². The average Bonchev–Trinajstić information content (AvgIpc) is 2.81. The fraction of sp³-hybridized carbons (Fsp3) is 0.786. The summed E-state index contributed by atoms with van der Waals surface area (Å²) in [5.41, 5.74) is 0. The average molecular weight is 281 g/mol. The summed E-state index contributed by atoms with van der Waals surface area (Å²) in [6.07, 6.45) is 5.89. The lowest BCUT2D eigenvalue weighted by atomic mass is 9.91. The lowest BCUT2D eigenvalue weighted by Gasteiger charge is -2.37. The van der Waals surface area contributed by atoms with Gasteiger partial charge in [-0.25, -0.2) is 0 Å². The van der Waals surface area contributed by atoms with Crippen LogP contribution in [0.5, 0.6) is 0 Å². The van der Waals surface area contributed by atoms with Gasteiger partial charge >= 0.3 is 0 Å². The van der Waals surface area contributed by atoms with Gasteiger partial charge in [0.2, 0.25) is 11.8 Å². The van der Waals surface area contributed by atoms with Crippen LogP contribution in [0, 0.1) is 0 Å². The summed E-state index contributed by atoms with van der Waals surface area (Å²) in [7, 11) is 0. The molecule has 0 aromatic carbocycles. The number of hydrogen-bond acceptors (Lipinski definition) is 5. The Balaban J connectivity index is 1.82. The fourth-order valence-electron chi connectivity index (χ4n) is 2.39. The topological polar surface area (TPSA) is 79.5 Å². The molecule has 1 N–H and O–H groups in total. The van der Waals surface area contributed by atoms with Crippen LogP contribution in [0.3, 0.4) is 0 Å². The normalized spacial score (nSPS) is 15.1. The molecule has 0 radical (unpaired) electrons. The zero-order chi connectivity index (χ0) is 14.4. The number of rotatable bonds is 8. The number of aliphatic hydroxyl groups is 1. The third-order valence-corrected chi connectivity index (χ3v) is 3.71. The van der Waals surface area contributed by atoms with Gasteiger partial charge in [-0.1, -0.05) is 12.1 Å². The van der Waals surface area contributed by atoms with Crippen LogP contribution in [0.4, 0.5) is 0 Å². The van der Waals surface area contributed by atoms with Gasteiger partial charge in [0.1, 0.15) is 0 Å². The minimum Gasteiger partial charge on any atom is -0.395 e. The first kappa shape index (κ1) is 15.0. The molecule has 1 fully saturated rings. The van der Waals surface area contributed by atoms with E-state index in [1.807, 2.05) is 0 Å². The van der Waals surface area contributed by atoms with E-state index < -0.39 is 0 Å². The Labute approximate surface area is 119 Å². The largest absolute Gasteiger partial charge is 0.395 e. The highest BCUT2D eigenvalue weighted by atomic mass is 16.5. The monoisotopic (exact) mass is 281 g/mol. The molecule has 0 aliphatic heterocycles. The molecule has 20 heavy (non-hydrogen) atoms. The van der Waals surface area contributed by atoms with Gasteiger partial charge in [-0.2, -0.15) is 4.98 Å². The van der Waals surface area contributed by atoms with E-state index in [-0.39, 0.29) is 12.5 Å². The van der Waals surface area contributed by atoms with Crippen LogP contribution in [0.1, 0.15) is 50.7 Å². The Kier molecular flexibility index (Phi) is 5.52. The summed E-state index contributed by atoms with van der Waals surface area (Å²) in [5.74, 6) is 1.31. The van der Waals surface area contributed by atoms with E-state index in [4.69, 9.17) is 9.63 Å². The van der Waals surface area contributed by atoms with Crippen LogP contribution in [0.2, 0.25) is 0 Å². The zero-order valence-electron chi connectivity index (χ0n) is 12.0.